The summed E-state index contributed by atoms with van der Waals surface area (Å²) in [4.78, 5) is 22.2. The Morgan fingerprint density at radius 1 is 0.595 bits per heavy atom. The van der Waals surface area contributed by atoms with Crippen molar-refractivity contribution in [3.05, 3.63) is 115 Å². The number of fused-ring (bicyclic) bond motifs is 2. The Balaban J connectivity index is 1.43. The van der Waals surface area contributed by atoms with Crippen molar-refractivity contribution < 1.29 is 9.53 Å². The molecule has 1 aliphatic rings. The minimum atomic E-state index is -0.0772. The first kappa shape index (κ1) is 27.5. The third-order valence-electron chi connectivity index (χ3n) is 7.60. The molecule has 6 heteroatoms. The SMILES string of the molecule is COc1ccc(C(=O)N2c3ccc(-c4ccc(N(C)C)cc4)cc3Sc3cc(-c4ccc(N(C)C)cc4)ccc32)cc1. The second-order valence-electron chi connectivity index (χ2n) is 10.7. The molecule has 0 spiro atoms. The van der Waals surface area contributed by atoms with Gasteiger partial charge in [0.1, 0.15) is 5.75 Å². The minimum absolute atomic E-state index is 0.0772. The van der Waals surface area contributed by atoms with E-state index in [1.54, 1.807) is 18.9 Å². The van der Waals surface area contributed by atoms with Crippen molar-refractivity contribution in [2.75, 3.05) is 50.0 Å². The van der Waals surface area contributed by atoms with Crippen molar-refractivity contribution in [2.45, 2.75) is 9.79 Å². The van der Waals surface area contributed by atoms with E-state index < -0.39 is 0 Å². The van der Waals surface area contributed by atoms with Gasteiger partial charge < -0.3 is 14.5 Å². The predicted octanol–water partition coefficient (Wildman–Crippen LogP) is 8.60. The molecule has 5 aromatic carbocycles. The molecule has 5 aromatic rings. The number of nitrogens with zero attached hydrogens (tertiary/aromatic N) is 3. The molecule has 0 aromatic heterocycles. The smallest absolute Gasteiger partial charge is 0.262 e. The van der Waals surface area contributed by atoms with Gasteiger partial charge in [0, 0.05) is 54.9 Å². The van der Waals surface area contributed by atoms with Gasteiger partial charge in [0.2, 0.25) is 0 Å². The Bertz CT molecular complexity index is 1640. The van der Waals surface area contributed by atoms with Crippen molar-refractivity contribution in [3.63, 3.8) is 0 Å². The fourth-order valence-electron chi connectivity index (χ4n) is 5.15. The van der Waals surface area contributed by atoms with Gasteiger partial charge in [0.15, 0.2) is 0 Å². The van der Waals surface area contributed by atoms with E-state index in [0.29, 0.717) is 5.56 Å². The largest absolute Gasteiger partial charge is 0.497 e. The van der Waals surface area contributed by atoms with Gasteiger partial charge in [-0.2, -0.15) is 0 Å². The van der Waals surface area contributed by atoms with Gasteiger partial charge >= 0.3 is 0 Å². The van der Waals surface area contributed by atoms with Gasteiger partial charge in [0.05, 0.1) is 18.5 Å². The number of carbonyl (C=O) groups excluding carboxylic acids is 1. The van der Waals surface area contributed by atoms with E-state index in [0.717, 1.165) is 60.5 Å². The summed E-state index contributed by atoms with van der Waals surface area (Å²) in [6, 6.07) is 37.1. The topological polar surface area (TPSA) is 36.0 Å². The fourth-order valence-corrected chi connectivity index (χ4v) is 6.29. The molecule has 0 atom stereocenters. The van der Waals surface area contributed by atoms with Crippen LogP contribution in [0.25, 0.3) is 22.3 Å². The number of hydrogen-bond acceptors (Lipinski definition) is 5. The number of benzene rings is 5. The monoisotopic (exact) mass is 571 g/mol. The van der Waals surface area contributed by atoms with Crippen LogP contribution in [0.5, 0.6) is 5.75 Å². The van der Waals surface area contributed by atoms with Crippen molar-refractivity contribution in [1.29, 1.82) is 0 Å². The van der Waals surface area contributed by atoms with Crippen LogP contribution >= 0.6 is 11.8 Å². The molecule has 0 saturated heterocycles. The zero-order valence-electron chi connectivity index (χ0n) is 24.5. The maximum atomic E-state index is 14.1. The summed E-state index contributed by atoms with van der Waals surface area (Å²) in [6.45, 7) is 0. The van der Waals surface area contributed by atoms with Crippen LogP contribution in [0.3, 0.4) is 0 Å². The van der Waals surface area contributed by atoms with E-state index in [4.69, 9.17) is 4.74 Å². The van der Waals surface area contributed by atoms with E-state index in [1.165, 1.54) is 0 Å². The van der Waals surface area contributed by atoms with E-state index in [2.05, 4.69) is 94.7 Å². The normalized spacial score (nSPS) is 11.9. The van der Waals surface area contributed by atoms with Gasteiger partial charge in [0.25, 0.3) is 5.91 Å². The third kappa shape index (κ3) is 5.21. The zero-order chi connectivity index (χ0) is 29.4. The Morgan fingerprint density at radius 3 is 1.43 bits per heavy atom. The molecule has 1 aliphatic heterocycles. The quantitative estimate of drug-likeness (QED) is 0.204. The highest BCUT2D eigenvalue weighted by Crippen LogP contribution is 2.51. The number of carbonyl (C=O) groups is 1. The van der Waals surface area contributed by atoms with E-state index in [9.17, 15) is 4.79 Å². The summed E-state index contributed by atoms with van der Waals surface area (Å²) in [7, 11) is 9.80. The van der Waals surface area contributed by atoms with Gasteiger partial charge in [-0.05, 0) is 95.1 Å². The summed E-state index contributed by atoms with van der Waals surface area (Å²) in [5.41, 5.74) is 9.17. The van der Waals surface area contributed by atoms with Gasteiger partial charge in [-0.25, -0.2) is 0 Å². The molecule has 6 rings (SSSR count). The van der Waals surface area contributed by atoms with Crippen LogP contribution < -0.4 is 19.4 Å². The molecular weight excluding hydrogens is 538 g/mol. The Hall–Kier alpha value is -4.68. The molecule has 0 N–H and O–H groups in total. The van der Waals surface area contributed by atoms with Crippen LogP contribution in [0.4, 0.5) is 22.7 Å². The summed E-state index contributed by atoms with van der Waals surface area (Å²) in [6.07, 6.45) is 0. The summed E-state index contributed by atoms with van der Waals surface area (Å²) in [5.74, 6) is 0.642. The zero-order valence-corrected chi connectivity index (χ0v) is 25.3. The molecule has 0 aliphatic carbocycles. The van der Waals surface area contributed by atoms with E-state index in [-0.39, 0.29) is 5.91 Å². The lowest BCUT2D eigenvalue weighted by molar-refractivity contribution is 0.0998. The van der Waals surface area contributed by atoms with E-state index in [1.807, 2.05) is 57.4 Å². The average molecular weight is 572 g/mol. The maximum absolute atomic E-state index is 14.1. The van der Waals surface area contributed by atoms with Crippen LogP contribution in [0.15, 0.2) is 119 Å². The molecule has 1 amide bonds. The molecule has 5 nitrogen and oxygen atoms in total. The standard InChI is InChI=1S/C36H33N3O2S/c1-37(2)29-14-6-24(7-15-29)27-12-20-32-34(22-27)42-35-23-28(25-8-16-30(17-9-25)38(3)4)13-21-33(35)39(32)36(40)26-10-18-31(41-5)19-11-26/h6-23H,1-5H3. The number of rotatable bonds is 6. The first-order valence-electron chi connectivity index (χ1n) is 13.8. The molecule has 42 heavy (non-hydrogen) atoms. The molecule has 0 unspecified atom stereocenters. The number of hydrogen-bond donors (Lipinski definition) is 0. The van der Waals surface area contributed by atoms with Gasteiger partial charge in [-0.3, -0.25) is 9.69 Å². The molecule has 0 radical (unpaired) electrons. The first-order chi connectivity index (χ1) is 20.3. The lowest BCUT2D eigenvalue weighted by Gasteiger charge is -2.32. The third-order valence-corrected chi connectivity index (χ3v) is 8.69. The van der Waals surface area contributed by atoms with Crippen molar-refractivity contribution in [1.82, 2.24) is 0 Å². The number of methoxy groups -OCH3 is 1. The van der Waals surface area contributed by atoms with Crippen LogP contribution in [0.1, 0.15) is 10.4 Å². The Morgan fingerprint density at radius 2 is 1.02 bits per heavy atom. The number of anilines is 4. The van der Waals surface area contributed by atoms with Gasteiger partial charge in [-0.15, -0.1) is 0 Å². The van der Waals surface area contributed by atoms with Crippen molar-refractivity contribution in [2.24, 2.45) is 0 Å². The lowest BCUT2D eigenvalue weighted by atomic mass is 10.0. The molecule has 0 fully saturated rings. The molecule has 210 valence electrons. The maximum Gasteiger partial charge on any atom is 0.262 e. The summed E-state index contributed by atoms with van der Waals surface area (Å²) >= 11 is 1.71. The Kier molecular flexibility index (Phi) is 7.40. The molecule has 1 heterocycles. The molecule has 0 saturated carbocycles. The number of ether oxygens (including phenoxy) is 1. The number of amides is 1. The summed E-state index contributed by atoms with van der Waals surface area (Å²) in [5, 5.41) is 0. The van der Waals surface area contributed by atoms with Crippen LogP contribution in [0.2, 0.25) is 0 Å². The highest BCUT2D eigenvalue weighted by atomic mass is 32.2. The summed E-state index contributed by atoms with van der Waals surface area (Å²) < 4.78 is 5.32. The van der Waals surface area contributed by atoms with Gasteiger partial charge in [-0.1, -0.05) is 48.2 Å². The fraction of sp³-hybridized carbons (Fsp3) is 0.139. The van der Waals surface area contributed by atoms with Crippen LogP contribution in [-0.2, 0) is 0 Å². The molecule has 0 bridgehead atoms. The minimum Gasteiger partial charge on any atom is -0.497 e. The van der Waals surface area contributed by atoms with E-state index >= 15 is 0 Å². The lowest BCUT2D eigenvalue weighted by Crippen LogP contribution is -2.28. The second kappa shape index (κ2) is 11.3. The van der Waals surface area contributed by atoms with Crippen LogP contribution in [-0.4, -0.2) is 41.2 Å². The molecular formula is C36H33N3O2S. The van der Waals surface area contributed by atoms with Crippen molar-refractivity contribution in [3.8, 4) is 28.0 Å². The van der Waals surface area contributed by atoms with Crippen LogP contribution in [0, 0.1) is 0 Å². The van der Waals surface area contributed by atoms with Crippen molar-refractivity contribution >= 4 is 40.4 Å². The predicted molar refractivity (Wildman–Crippen MR) is 176 cm³/mol. The average Bonchev–Trinajstić information content (AvgIpc) is 3.03. The highest BCUT2D eigenvalue weighted by molar-refractivity contribution is 7.99. The second-order valence-corrected chi connectivity index (χ2v) is 11.8. The highest BCUT2D eigenvalue weighted by Gasteiger charge is 2.30. The Labute approximate surface area is 252 Å². The first-order valence-corrected chi connectivity index (χ1v) is 14.6.